The van der Waals surface area contributed by atoms with Crippen molar-refractivity contribution in [3.05, 3.63) is 52.1 Å². The molecular formula is C20H24N4O3. The third kappa shape index (κ3) is 3.64. The first-order chi connectivity index (χ1) is 12.7. The summed E-state index contributed by atoms with van der Waals surface area (Å²) in [6, 6.07) is 7.29. The van der Waals surface area contributed by atoms with E-state index >= 15 is 0 Å². The third-order valence-corrected chi connectivity index (χ3v) is 4.40. The quantitative estimate of drug-likeness (QED) is 0.657. The molecule has 0 atom stereocenters. The lowest BCUT2D eigenvalue weighted by Gasteiger charge is -2.19. The summed E-state index contributed by atoms with van der Waals surface area (Å²) < 4.78 is 1.64. The fourth-order valence-corrected chi connectivity index (χ4v) is 3.11. The molecule has 0 saturated carbocycles. The van der Waals surface area contributed by atoms with Gasteiger partial charge in [0.2, 0.25) is 0 Å². The molecule has 0 fully saturated rings. The van der Waals surface area contributed by atoms with Gasteiger partial charge in [0.05, 0.1) is 12.1 Å². The van der Waals surface area contributed by atoms with E-state index in [0.717, 1.165) is 16.7 Å². The molecule has 2 aromatic heterocycles. The third-order valence-electron chi connectivity index (χ3n) is 4.40. The molecule has 2 heterocycles. The zero-order valence-electron chi connectivity index (χ0n) is 16.0. The van der Waals surface area contributed by atoms with Gasteiger partial charge in [-0.1, -0.05) is 6.07 Å². The fourth-order valence-electron chi connectivity index (χ4n) is 3.11. The van der Waals surface area contributed by atoms with E-state index in [0.29, 0.717) is 16.7 Å². The standard InChI is InChI=1S/C20H24N4O3/c1-12-5-6-13(18(26)21-7-8-25)9-15(12)14-10-16-17(22-11-14)24(19(27)23-16)20(2,3)4/h5-6,9-11,25H,7-8H2,1-4H3,(H,21,26)(H,23,27). The van der Waals surface area contributed by atoms with Crippen molar-refractivity contribution < 1.29 is 9.90 Å². The van der Waals surface area contributed by atoms with Crippen LogP contribution in [0.15, 0.2) is 35.3 Å². The lowest BCUT2D eigenvalue weighted by atomic mass is 9.99. The van der Waals surface area contributed by atoms with Crippen LogP contribution >= 0.6 is 0 Å². The molecule has 0 unspecified atom stereocenters. The molecule has 3 rings (SSSR count). The zero-order chi connectivity index (χ0) is 19.8. The predicted molar refractivity (Wildman–Crippen MR) is 105 cm³/mol. The van der Waals surface area contributed by atoms with Crippen LogP contribution in [0.2, 0.25) is 0 Å². The second kappa shape index (κ2) is 7.00. The molecule has 0 aliphatic heterocycles. The number of fused-ring (bicyclic) bond motifs is 1. The highest BCUT2D eigenvalue weighted by Crippen LogP contribution is 2.27. The molecule has 0 aliphatic rings. The monoisotopic (exact) mass is 368 g/mol. The highest BCUT2D eigenvalue weighted by atomic mass is 16.3. The topological polar surface area (TPSA) is 100 Å². The van der Waals surface area contributed by atoms with Gasteiger partial charge in [-0.15, -0.1) is 0 Å². The lowest BCUT2D eigenvalue weighted by Crippen LogP contribution is -2.32. The second-order valence-electron chi connectivity index (χ2n) is 7.54. The normalized spacial score (nSPS) is 11.7. The molecule has 0 radical (unpaired) electrons. The summed E-state index contributed by atoms with van der Waals surface area (Å²) in [6.45, 7) is 7.92. The van der Waals surface area contributed by atoms with Crippen molar-refractivity contribution in [1.82, 2.24) is 19.9 Å². The van der Waals surface area contributed by atoms with Crippen LogP contribution in [0, 0.1) is 6.92 Å². The average Bonchev–Trinajstić information content (AvgIpc) is 2.95. The van der Waals surface area contributed by atoms with Gasteiger partial charge in [-0.05, 0) is 57.0 Å². The van der Waals surface area contributed by atoms with Gasteiger partial charge in [0.15, 0.2) is 5.65 Å². The number of aromatic nitrogens is 3. The molecule has 3 N–H and O–H groups in total. The van der Waals surface area contributed by atoms with Crippen LogP contribution < -0.4 is 11.0 Å². The summed E-state index contributed by atoms with van der Waals surface area (Å²) in [5.41, 5.74) is 3.86. The van der Waals surface area contributed by atoms with E-state index < -0.39 is 0 Å². The number of H-pyrrole nitrogens is 1. The number of imidazole rings is 1. The van der Waals surface area contributed by atoms with Crippen LogP contribution in [0.5, 0.6) is 0 Å². The maximum atomic E-state index is 12.3. The van der Waals surface area contributed by atoms with Crippen LogP contribution in [0.1, 0.15) is 36.7 Å². The summed E-state index contributed by atoms with van der Waals surface area (Å²) in [6.07, 6.45) is 1.72. The largest absolute Gasteiger partial charge is 0.395 e. The number of aromatic amines is 1. The van der Waals surface area contributed by atoms with Gasteiger partial charge >= 0.3 is 5.69 Å². The molecule has 1 amide bonds. The number of hydrogen-bond donors (Lipinski definition) is 3. The first-order valence-electron chi connectivity index (χ1n) is 8.83. The second-order valence-corrected chi connectivity index (χ2v) is 7.54. The van der Waals surface area contributed by atoms with Crippen LogP contribution in [0.25, 0.3) is 22.3 Å². The number of carbonyl (C=O) groups is 1. The molecule has 1 aromatic carbocycles. The van der Waals surface area contributed by atoms with E-state index in [1.807, 2.05) is 39.8 Å². The highest BCUT2D eigenvalue weighted by Gasteiger charge is 2.21. The molecule has 7 nitrogen and oxygen atoms in total. The Morgan fingerprint density at radius 1 is 1.30 bits per heavy atom. The van der Waals surface area contributed by atoms with Crippen LogP contribution in [0.3, 0.4) is 0 Å². The minimum absolute atomic E-state index is 0.108. The van der Waals surface area contributed by atoms with E-state index in [4.69, 9.17) is 5.11 Å². The van der Waals surface area contributed by atoms with E-state index in [2.05, 4.69) is 15.3 Å². The number of aryl methyl sites for hydroxylation is 1. The number of aliphatic hydroxyl groups is 1. The Morgan fingerprint density at radius 2 is 2.04 bits per heavy atom. The van der Waals surface area contributed by atoms with Gasteiger partial charge in [0, 0.05) is 29.4 Å². The van der Waals surface area contributed by atoms with Gasteiger partial charge < -0.3 is 15.4 Å². The Balaban J connectivity index is 2.08. The summed E-state index contributed by atoms with van der Waals surface area (Å²) in [5.74, 6) is -0.244. The lowest BCUT2D eigenvalue weighted by molar-refractivity contribution is 0.0945. The fraction of sp³-hybridized carbons (Fsp3) is 0.350. The van der Waals surface area contributed by atoms with Crippen LogP contribution in [-0.2, 0) is 5.54 Å². The number of nitrogens with one attached hydrogen (secondary N) is 2. The molecule has 0 saturated heterocycles. The number of benzene rings is 1. The van der Waals surface area contributed by atoms with Gasteiger partial charge in [-0.25, -0.2) is 9.78 Å². The van der Waals surface area contributed by atoms with Crippen molar-refractivity contribution in [3.8, 4) is 11.1 Å². The van der Waals surface area contributed by atoms with Crippen molar-refractivity contribution in [2.75, 3.05) is 13.2 Å². The number of carbonyl (C=O) groups excluding carboxylic acids is 1. The smallest absolute Gasteiger partial charge is 0.328 e. The number of pyridine rings is 1. The van der Waals surface area contributed by atoms with Gasteiger partial charge in [-0.2, -0.15) is 0 Å². The maximum absolute atomic E-state index is 12.3. The van der Waals surface area contributed by atoms with E-state index in [-0.39, 0.29) is 30.3 Å². The molecule has 0 bridgehead atoms. The number of amides is 1. The number of nitrogens with zero attached hydrogens (tertiary/aromatic N) is 2. The highest BCUT2D eigenvalue weighted by molar-refractivity contribution is 5.96. The number of hydrogen-bond acceptors (Lipinski definition) is 4. The van der Waals surface area contributed by atoms with Crippen molar-refractivity contribution in [1.29, 1.82) is 0 Å². The van der Waals surface area contributed by atoms with Crippen molar-refractivity contribution in [3.63, 3.8) is 0 Å². The maximum Gasteiger partial charge on any atom is 0.328 e. The molecule has 3 aromatic rings. The molecule has 27 heavy (non-hydrogen) atoms. The predicted octanol–water partition coefficient (Wildman–Crippen LogP) is 2.18. The summed E-state index contributed by atoms with van der Waals surface area (Å²) in [4.78, 5) is 31.9. The Morgan fingerprint density at radius 3 is 2.70 bits per heavy atom. The minimum atomic E-state index is -0.384. The van der Waals surface area contributed by atoms with Crippen molar-refractivity contribution in [2.24, 2.45) is 0 Å². The Hall–Kier alpha value is -2.93. The summed E-state index contributed by atoms with van der Waals surface area (Å²) in [7, 11) is 0. The number of rotatable bonds is 4. The minimum Gasteiger partial charge on any atom is -0.395 e. The first-order valence-corrected chi connectivity index (χ1v) is 8.83. The zero-order valence-corrected chi connectivity index (χ0v) is 16.0. The SMILES string of the molecule is Cc1ccc(C(=O)NCCO)cc1-c1cnc2c(c1)[nH]c(=O)n2C(C)(C)C. The molecule has 7 heteroatoms. The molecule has 142 valence electrons. The van der Waals surface area contributed by atoms with Crippen LogP contribution in [0.4, 0.5) is 0 Å². The van der Waals surface area contributed by atoms with Crippen molar-refractivity contribution in [2.45, 2.75) is 33.2 Å². The van der Waals surface area contributed by atoms with E-state index in [1.54, 1.807) is 22.9 Å². The van der Waals surface area contributed by atoms with Crippen molar-refractivity contribution >= 4 is 17.1 Å². The number of aliphatic hydroxyl groups excluding tert-OH is 1. The van der Waals surface area contributed by atoms with Gasteiger partial charge in [-0.3, -0.25) is 9.36 Å². The van der Waals surface area contributed by atoms with E-state index in [1.165, 1.54) is 0 Å². The van der Waals surface area contributed by atoms with Gasteiger partial charge in [0.25, 0.3) is 5.91 Å². The van der Waals surface area contributed by atoms with Gasteiger partial charge in [0.1, 0.15) is 0 Å². The Labute approximate surface area is 157 Å². The molecule has 0 aliphatic carbocycles. The molecular weight excluding hydrogens is 344 g/mol. The first kappa shape index (κ1) is 18.8. The Bertz CT molecular complexity index is 1060. The summed E-state index contributed by atoms with van der Waals surface area (Å²) in [5, 5.41) is 11.5. The molecule has 0 spiro atoms. The Kier molecular flexibility index (Phi) is 4.89. The average molecular weight is 368 g/mol. The summed E-state index contributed by atoms with van der Waals surface area (Å²) >= 11 is 0. The van der Waals surface area contributed by atoms with Crippen LogP contribution in [-0.4, -0.2) is 38.7 Å². The van der Waals surface area contributed by atoms with E-state index in [9.17, 15) is 9.59 Å².